The standard InChI is InChI=1S/C27H26N6O3/c1-2-24(34)31-22-6-4-3-5-19(22)15-25(35)30-20-9-7-18(8-10-20)23-16-21-26(32-23)28-17-29-27(21)33-11-13-36-14-12-33/h2-10,16-17H,1,11-15H2,(H,30,35)(H,31,34)(H,28,29,32). The third kappa shape index (κ3) is 5.11. The Bertz CT molecular complexity index is 1410. The molecule has 3 N–H and O–H groups in total. The number of hydrogen-bond acceptors (Lipinski definition) is 6. The molecular formula is C27H26N6O3. The molecule has 1 aliphatic rings. The number of aromatic nitrogens is 3. The van der Waals surface area contributed by atoms with Gasteiger partial charge in [0.15, 0.2) is 0 Å². The molecule has 36 heavy (non-hydrogen) atoms. The number of ether oxygens (including phenoxy) is 1. The summed E-state index contributed by atoms with van der Waals surface area (Å²) in [5, 5.41) is 6.62. The van der Waals surface area contributed by atoms with Crippen LogP contribution in [0.5, 0.6) is 0 Å². The monoisotopic (exact) mass is 482 g/mol. The number of H-pyrrole nitrogens is 1. The fourth-order valence-electron chi connectivity index (χ4n) is 4.20. The van der Waals surface area contributed by atoms with Gasteiger partial charge in [-0.1, -0.05) is 36.9 Å². The van der Waals surface area contributed by atoms with Crippen LogP contribution in [0.25, 0.3) is 22.3 Å². The molecule has 9 nitrogen and oxygen atoms in total. The maximum absolute atomic E-state index is 12.7. The van der Waals surface area contributed by atoms with Gasteiger partial charge in [0.2, 0.25) is 11.8 Å². The van der Waals surface area contributed by atoms with E-state index < -0.39 is 0 Å². The fourth-order valence-corrected chi connectivity index (χ4v) is 4.20. The number of amides is 2. The first-order valence-corrected chi connectivity index (χ1v) is 11.7. The van der Waals surface area contributed by atoms with Gasteiger partial charge in [-0.05, 0) is 41.5 Å². The van der Waals surface area contributed by atoms with Crippen LogP contribution in [0.3, 0.4) is 0 Å². The first-order chi connectivity index (χ1) is 17.6. The van der Waals surface area contributed by atoms with Crippen molar-refractivity contribution < 1.29 is 14.3 Å². The highest BCUT2D eigenvalue weighted by atomic mass is 16.5. The van der Waals surface area contributed by atoms with E-state index in [1.165, 1.54) is 6.08 Å². The lowest BCUT2D eigenvalue weighted by Crippen LogP contribution is -2.36. The minimum Gasteiger partial charge on any atom is -0.378 e. The molecule has 9 heteroatoms. The van der Waals surface area contributed by atoms with Crippen molar-refractivity contribution in [2.24, 2.45) is 0 Å². The van der Waals surface area contributed by atoms with Crippen molar-refractivity contribution in [2.45, 2.75) is 6.42 Å². The van der Waals surface area contributed by atoms with Crippen molar-refractivity contribution in [3.05, 3.63) is 79.1 Å². The van der Waals surface area contributed by atoms with Crippen LogP contribution in [0.15, 0.2) is 73.6 Å². The summed E-state index contributed by atoms with van der Waals surface area (Å²) in [6, 6.07) is 16.9. The number of rotatable bonds is 7. The van der Waals surface area contributed by atoms with E-state index in [0.717, 1.165) is 46.8 Å². The molecule has 2 aromatic heterocycles. The summed E-state index contributed by atoms with van der Waals surface area (Å²) in [7, 11) is 0. The van der Waals surface area contributed by atoms with Crippen LogP contribution in [0.1, 0.15) is 5.56 Å². The van der Waals surface area contributed by atoms with Gasteiger partial charge >= 0.3 is 0 Å². The van der Waals surface area contributed by atoms with Crippen LogP contribution in [0.4, 0.5) is 17.2 Å². The molecule has 2 aromatic carbocycles. The number of fused-ring (bicyclic) bond motifs is 1. The first-order valence-electron chi connectivity index (χ1n) is 11.7. The number of carbonyl (C=O) groups excluding carboxylic acids is 2. The molecule has 5 rings (SSSR count). The van der Waals surface area contributed by atoms with E-state index in [0.29, 0.717) is 24.6 Å². The Balaban J connectivity index is 1.29. The number of nitrogens with zero attached hydrogens (tertiary/aromatic N) is 3. The SMILES string of the molecule is C=CC(=O)Nc1ccccc1CC(=O)Nc1ccc(-c2cc3c(N4CCOCC4)ncnc3[nH]2)cc1. The topological polar surface area (TPSA) is 112 Å². The highest BCUT2D eigenvalue weighted by molar-refractivity contribution is 6.00. The molecule has 0 aliphatic carbocycles. The molecule has 0 radical (unpaired) electrons. The molecule has 3 heterocycles. The van der Waals surface area contributed by atoms with Crippen molar-refractivity contribution in [3.8, 4) is 11.3 Å². The molecule has 4 aromatic rings. The molecule has 0 saturated carbocycles. The van der Waals surface area contributed by atoms with E-state index in [9.17, 15) is 9.59 Å². The maximum Gasteiger partial charge on any atom is 0.247 e. The first kappa shape index (κ1) is 23.3. The van der Waals surface area contributed by atoms with Gasteiger partial charge in [0.05, 0.1) is 25.0 Å². The summed E-state index contributed by atoms with van der Waals surface area (Å²) in [5.74, 6) is 0.400. The lowest BCUT2D eigenvalue weighted by Gasteiger charge is -2.27. The summed E-state index contributed by atoms with van der Waals surface area (Å²) >= 11 is 0. The van der Waals surface area contributed by atoms with Gasteiger partial charge in [-0.2, -0.15) is 0 Å². The van der Waals surface area contributed by atoms with Crippen molar-refractivity contribution in [1.82, 2.24) is 15.0 Å². The zero-order valence-electron chi connectivity index (χ0n) is 19.7. The number of morpholine rings is 1. The summed E-state index contributed by atoms with van der Waals surface area (Å²) in [5.41, 5.74) is 4.66. The molecule has 0 unspecified atom stereocenters. The fraction of sp³-hybridized carbons (Fsp3) is 0.185. The van der Waals surface area contributed by atoms with Crippen LogP contribution in [-0.2, 0) is 20.7 Å². The van der Waals surface area contributed by atoms with Crippen molar-refractivity contribution >= 4 is 40.0 Å². The maximum atomic E-state index is 12.7. The second-order valence-corrected chi connectivity index (χ2v) is 8.39. The predicted octanol–water partition coefficient (Wildman–Crippen LogP) is 3.77. The van der Waals surface area contributed by atoms with Crippen molar-refractivity contribution in [3.63, 3.8) is 0 Å². The summed E-state index contributed by atoms with van der Waals surface area (Å²) in [6.45, 7) is 6.43. The third-order valence-electron chi connectivity index (χ3n) is 6.01. The van der Waals surface area contributed by atoms with Gasteiger partial charge in [-0.3, -0.25) is 9.59 Å². The number of hydrogen-bond donors (Lipinski definition) is 3. The molecule has 0 bridgehead atoms. The number of aromatic amines is 1. The number of nitrogens with one attached hydrogen (secondary N) is 3. The summed E-state index contributed by atoms with van der Waals surface area (Å²) in [6.07, 6.45) is 2.90. The molecule has 0 spiro atoms. The van der Waals surface area contributed by atoms with E-state index in [-0.39, 0.29) is 18.2 Å². The van der Waals surface area contributed by atoms with Crippen molar-refractivity contribution in [2.75, 3.05) is 41.8 Å². The Morgan fingerprint density at radius 2 is 1.83 bits per heavy atom. The second-order valence-electron chi connectivity index (χ2n) is 8.39. The van der Waals surface area contributed by atoms with Crippen LogP contribution in [0.2, 0.25) is 0 Å². The quantitative estimate of drug-likeness (QED) is 0.346. The van der Waals surface area contributed by atoms with Gasteiger partial charge in [0, 0.05) is 30.2 Å². The predicted molar refractivity (Wildman–Crippen MR) is 140 cm³/mol. The molecule has 2 amide bonds. The van der Waals surface area contributed by atoms with E-state index >= 15 is 0 Å². The Labute approximate surface area is 208 Å². The van der Waals surface area contributed by atoms with E-state index in [4.69, 9.17) is 4.74 Å². The average molecular weight is 483 g/mol. The molecule has 0 atom stereocenters. The Hall–Kier alpha value is -4.50. The Morgan fingerprint density at radius 1 is 1.06 bits per heavy atom. The van der Waals surface area contributed by atoms with Gasteiger partial charge in [0.25, 0.3) is 0 Å². The number of benzene rings is 2. The largest absolute Gasteiger partial charge is 0.378 e. The molecular weight excluding hydrogens is 456 g/mol. The van der Waals surface area contributed by atoms with Gasteiger partial charge in [-0.15, -0.1) is 0 Å². The number of para-hydroxylation sites is 1. The molecule has 1 fully saturated rings. The highest BCUT2D eigenvalue weighted by Crippen LogP contribution is 2.29. The average Bonchev–Trinajstić information content (AvgIpc) is 3.35. The Kier molecular flexibility index (Phi) is 6.72. The van der Waals surface area contributed by atoms with E-state index in [2.05, 4.69) is 43.1 Å². The summed E-state index contributed by atoms with van der Waals surface area (Å²) in [4.78, 5) is 38.8. The summed E-state index contributed by atoms with van der Waals surface area (Å²) < 4.78 is 5.46. The van der Waals surface area contributed by atoms with Crippen LogP contribution < -0.4 is 15.5 Å². The van der Waals surface area contributed by atoms with Gasteiger partial charge < -0.3 is 25.3 Å². The number of anilines is 3. The zero-order valence-corrected chi connectivity index (χ0v) is 19.7. The third-order valence-corrected chi connectivity index (χ3v) is 6.01. The van der Waals surface area contributed by atoms with Crippen LogP contribution in [-0.4, -0.2) is 53.1 Å². The zero-order chi connectivity index (χ0) is 24.9. The smallest absolute Gasteiger partial charge is 0.247 e. The number of carbonyl (C=O) groups is 2. The van der Waals surface area contributed by atoms with Crippen LogP contribution >= 0.6 is 0 Å². The van der Waals surface area contributed by atoms with Crippen molar-refractivity contribution in [1.29, 1.82) is 0 Å². The molecule has 1 saturated heterocycles. The van der Waals surface area contributed by atoms with Gasteiger partial charge in [-0.25, -0.2) is 9.97 Å². The lowest BCUT2D eigenvalue weighted by atomic mass is 10.1. The van der Waals surface area contributed by atoms with Gasteiger partial charge in [0.1, 0.15) is 17.8 Å². The van der Waals surface area contributed by atoms with Crippen LogP contribution in [0, 0.1) is 0 Å². The minimum absolute atomic E-state index is 0.125. The lowest BCUT2D eigenvalue weighted by molar-refractivity contribution is -0.115. The van der Waals surface area contributed by atoms with E-state index in [1.54, 1.807) is 18.5 Å². The highest BCUT2D eigenvalue weighted by Gasteiger charge is 2.17. The second kappa shape index (κ2) is 10.4. The van der Waals surface area contributed by atoms with E-state index in [1.807, 2.05) is 36.4 Å². The molecule has 182 valence electrons. The minimum atomic E-state index is -0.321. The molecule has 1 aliphatic heterocycles. The normalized spacial score (nSPS) is 13.4. The Morgan fingerprint density at radius 3 is 2.61 bits per heavy atom.